The van der Waals surface area contributed by atoms with Gasteiger partial charge in [-0.2, -0.15) is 0 Å². The maximum Gasteiger partial charge on any atom is 0.300 e. The Morgan fingerprint density at radius 3 is 2.81 bits per heavy atom. The van der Waals surface area contributed by atoms with Gasteiger partial charge in [-0.15, -0.1) is 0 Å². The van der Waals surface area contributed by atoms with Crippen LogP contribution in [0.2, 0.25) is 5.15 Å². The molecule has 0 atom stereocenters. The molecule has 1 amide bonds. The van der Waals surface area contributed by atoms with Gasteiger partial charge in [0.1, 0.15) is 28.4 Å². The van der Waals surface area contributed by atoms with Gasteiger partial charge >= 0.3 is 0 Å². The number of rotatable bonds is 4. The molecular weight excluding hydrogens is 298 g/mol. The highest BCUT2D eigenvalue weighted by Gasteiger charge is 2.24. The maximum absolute atomic E-state index is 12.3. The number of hydrogen-bond acceptors (Lipinski definition) is 5. The summed E-state index contributed by atoms with van der Waals surface area (Å²) in [7, 11) is 1.53. The zero-order valence-electron chi connectivity index (χ0n) is 11.4. The number of carbonyl (C=O) groups excluding carboxylic acids is 1. The molecule has 8 heteroatoms. The summed E-state index contributed by atoms with van der Waals surface area (Å²) in [5, 5.41) is 11.0. The zero-order chi connectivity index (χ0) is 15.6. The van der Waals surface area contributed by atoms with Gasteiger partial charge in [-0.3, -0.25) is 14.9 Å². The number of aromatic nitrogens is 1. The van der Waals surface area contributed by atoms with Crippen molar-refractivity contribution in [1.82, 2.24) is 9.88 Å². The van der Waals surface area contributed by atoms with Gasteiger partial charge < -0.3 is 9.32 Å². The zero-order valence-corrected chi connectivity index (χ0v) is 12.1. The van der Waals surface area contributed by atoms with E-state index in [-0.39, 0.29) is 22.9 Å². The Morgan fingerprint density at radius 1 is 1.52 bits per heavy atom. The standard InChI is InChI=1S/C13H12ClN3O4/c1-8-3-4-9(21-8)7-16(2)13(18)10-5-12(14)15-6-11(10)17(19)20/h3-6H,7H2,1-2H3. The van der Waals surface area contributed by atoms with Gasteiger partial charge in [0.15, 0.2) is 0 Å². The molecule has 0 aliphatic heterocycles. The van der Waals surface area contributed by atoms with Crippen LogP contribution in [0.4, 0.5) is 5.69 Å². The topological polar surface area (TPSA) is 89.5 Å². The van der Waals surface area contributed by atoms with E-state index in [0.717, 1.165) is 12.0 Å². The average molecular weight is 310 g/mol. The summed E-state index contributed by atoms with van der Waals surface area (Å²) < 4.78 is 5.38. The minimum atomic E-state index is -0.665. The van der Waals surface area contributed by atoms with Crippen LogP contribution in [-0.4, -0.2) is 27.8 Å². The summed E-state index contributed by atoms with van der Waals surface area (Å²) in [5.41, 5.74) is -0.488. The average Bonchev–Trinajstić information content (AvgIpc) is 2.82. The van der Waals surface area contributed by atoms with E-state index in [4.69, 9.17) is 16.0 Å². The first-order chi connectivity index (χ1) is 9.88. The molecule has 0 radical (unpaired) electrons. The van der Waals surface area contributed by atoms with Crippen LogP contribution < -0.4 is 0 Å². The van der Waals surface area contributed by atoms with Crippen LogP contribution in [0, 0.1) is 17.0 Å². The molecule has 110 valence electrons. The van der Waals surface area contributed by atoms with Gasteiger partial charge in [-0.05, 0) is 25.1 Å². The number of carbonyl (C=O) groups is 1. The number of pyridine rings is 1. The second-order valence-electron chi connectivity index (χ2n) is 4.45. The van der Waals surface area contributed by atoms with Gasteiger partial charge in [-0.25, -0.2) is 4.98 Å². The summed E-state index contributed by atoms with van der Waals surface area (Å²) in [6, 6.07) is 4.71. The van der Waals surface area contributed by atoms with Gasteiger partial charge in [0.05, 0.1) is 11.5 Å². The van der Waals surface area contributed by atoms with Crippen molar-refractivity contribution in [2.45, 2.75) is 13.5 Å². The highest BCUT2D eigenvalue weighted by molar-refractivity contribution is 6.29. The molecular formula is C13H12ClN3O4. The van der Waals surface area contributed by atoms with Crippen LogP contribution in [0.5, 0.6) is 0 Å². The third-order valence-electron chi connectivity index (χ3n) is 2.81. The van der Waals surface area contributed by atoms with Gasteiger partial charge in [0, 0.05) is 7.05 Å². The summed E-state index contributed by atoms with van der Waals surface area (Å²) >= 11 is 5.71. The number of furan rings is 1. The van der Waals surface area contributed by atoms with Crippen molar-refractivity contribution in [1.29, 1.82) is 0 Å². The second kappa shape index (κ2) is 5.92. The highest BCUT2D eigenvalue weighted by atomic mass is 35.5. The van der Waals surface area contributed by atoms with E-state index in [1.165, 1.54) is 18.0 Å². The Hall–Kier alpha value is -2.41. The van der Waals surface area contributed by atoms with E-state index in [1.54, 1.807) is 19.1 Å². The first kappa shape index (κ1) is 15.0. The maximum atomic E-state index is 12.3. The Balaban J connectivity index is 2.26. The fourth-order valence-corrected chi connectivity index (χ4v) is 1.98. The van der Waals surface area contributed by atoms with E-state index >= 15 is 0 Å². The quantitative estimate of drug-likeness (QED) is 0.492. The molecule has 2 aromatic rings. The molecule has 0 N–H and O–H groups in total. The Morgan fingerprint density at radius 2 is 2.24 bits per heavy atom. The van der Waals surface area contributed by atoms with Gasteiger partial charge in [0.2, 0.25) is 0 Å². The lowest BCUT2D eigenvalue weighted by molar-refractivity contribution is -0.385. The van der Waals surface area contributed by atoms with Crippen LogP contribution in [0.25, 0.3) is 0 Å². The number of halogens is 1. The summed E-state index contributed by atoms with van der Waals surface area (Å²) in [6.45, 7) is 1.99. The molecule has 7 nitrogen and oxygen atoms in total. The van der Waals surface area contributed by atoms with E-state index in [9.17, 15) is 14.9 Å². The van der Waals surface area contributed by atoms with Crippen molar-refractivity contribution < 1.29 is 14.1 Å². The number of hydrogen-bond donors (Lipinski definition) is 0. The van der Waals surface area contributed by atoms with Crippen molar-refractivity contribution in [3.63, 3.8) is 0 Å². The molecule has 0 bridgehead atoms. The number of nitro groups is 1. The fourth-order valence-electron chi connectivity index (χ4n) is 1.82. The molecule has 0 unspecified atom stereocenters. The van der Waals surface area contributed by atoms with Crippen LogP contribution in [0.1, 0.15) is 21.9 Å². The lowest BCUT2D eigenvalue weighted by Gasteiger charge is -2.15. The van der Waals surface area contributed by atoms with Crippen molar-refractivity contribution >= 4 is 23.2 Å². The predicted molar refractivity (Wildman–Crippen MR) is 75.1 cm³/mol. The largest absolute Gasteiger partial charge is 0.464 e. The molecule has 2 aromatic heterocycles. The van der Waals surface area contributed by atoms with Crippen LogP contribution >= 0.6 is 11.6 Å². The minimum Gasteiger partial charge on any atom is -0.464 e. The van der Waals surface area contributed by atoms with E-state index in [2.05, 4.69) is 4.98 Å². The Labute approximate surface area is 125 Å². The van der Waals surface area contributed by atoms with Gasteiger partial charge in [-0.1, -0.05) is 11.6 Å². The highest BCUT2D eigenvalue weighted by Crippen LogP contribution is 2.22. The minimum absolute atomic E-state index is 0.0196. The van der Waals surface area contributed by atoms with Crippen molar-refractivity contribution in [3.8, 4) is 0 Å². The van der Waals surface area contributed by atoms with Crippen molar-refractivity contribution in [2.24, 2.45) is 0 Å². The molecule has 0 aromatic carbocycles. The summed E-state index contributed by atoms with van der Waals surface area (Å²) in [5.74, 6) is 0.787. The molecule has 0 spiro atoms. The number of aryl methyl sites for hydroxylation is 1. The third-order valence-corrected chi connectivity index (χ3v) is 3.02. The first-order valence-corrected chi connectivity index (χ1v) is 6.37. The molecule has 2 heterocycles. The van der Waals surface area contributed by atoms with Crippen LogP contribution in [0.3, 0.4) is 0 Å². The van der Waals surface area contributed by atoms with Crippen molar-refractivity contribution in [2.75, 3.05) is 7.05 Å². The summed E-state index contributed by atoms with van der Waals surface area (Å²) in [6.07, 6.45) is 0.973. The van der Waals surface area contributed by atoms with Crippen LogP contribution in [0.15, 0.2) is 28.8 Å². The predicted octanol–water partition coefficient (Wildman–Crippen LogP) is 2.82. The monoisotopic (exact) mass is 309 g/mol. The Kier molecular flexibility index (Phi) is 4.23. The lowest BCUT2D eigenvalue weighted by atomic mass is 10.2. The number of nitrogens with zero attached hydrogens (tertiary/aromatic N) is 3. The number of amides is 1. The first-order valence-electron chi connectivity index (χ1n) is 5.99. The van der Waals surface area contributed by atoms with Crippen molar-refractivity contribution in [3.05, 3.63) is 56.7 Å². The molecule has 0 saturated carbocycles. The third kappa shape index (κ3) is 3.38. The smallest absolute Gasteiger partial charge is 0.300 e. The fraction of sp³-hybridized carbons (Fsp3) is 0.231. The van der Waals surface area contributed by atoms with Crippen LogP contribution in [-0.2, 0) is 6.54 Å². The van der Waals surface area contributed by atoms with Gasteiger partial charge in [0.25, 0.3) is 11.6 Å². The molecule has 2 rings (SSSR count). The summed E-state index contributed by atoms with van der Waals surface area (Å²) in [4.78, 5) is 27.6. The molecule has 21 heavy (non-hydrogen) atoms. The molecule has 0 saturated heterocycles. The Bertz CT molecular complexity index is 698. The molecule has 0 aliphatic carbocycles. The van der Waals surface area contributed by atoms with E-state index < -0.39 is 10.8 Å². The SMILES string of the molecule is Cc1ccc(CN(C)C(=O)c2cc(Cl)ncc2[N+](=O)[O-])o1. The second-order valence-corrected chi connectivity index (χ2v) is 4.84. The van der Waals surface area contributed by atoms with E-state index in [1.807, 2.05) is 0 Å². The molecule has 0 fully saturated rings. The lowest BCUT2D eigenvalue weighted by Crippen LogP contribution is -2.26. The normalized spacial score (nSPS) is 10.4. The van der Waals surface area contributed by atoms with E-state index in [0.29, 0.717) is 5.76 Å². The molecule has 0 aliphatic rings.